The summed E-state index contributed by atoms with van der Waals surface area (Å²) < 4.78 is 5.40. The number of hydrogen-bond acceptors (Lipinski definition) is 4. The fourth-order valence-electron chi connectivity index (χ4n) is 0.885. The first-order valence-corrected chi connectivity index (χ1v) is 5.72. The maximum absolute atomic E-state index is 11.1. The van der Waals surface area contributed by atoms with E-state index < -0.39 is 5.97 Å². The number of halogens is 2. The average molecular weight is 306 g/mol. The Morgan fingerprint density at radius 1 is 1.69 bits per heavy atom. The molecule has 16 heavy (non-hydrogen) atoms. The van der Waals surface area contributed by atoms with Gasteiger partial charge < -0.3 is 10.1 Å². The first kappa shape index (κ1) is 13.0. The highest BCUT2D eigenvalue weighted by Crippen LogP contribution is 2.11. The van der Waals surface area contributed by atoms with E-state index in [-0.39, 0.29) is 11.6 Å². The maximum Gasteiger partial charge on any atom is 0.351 e. The number of esters is 1. The highest BCUT2D eigenvalue weighted by atomic mass is 79.9. The summed E-state index contributed by atoms with van der Waals surface area (Å²) in [4.78, 5) is 15.2. The van der Waals surface area contributed by atoms with Gasteiger partial charge in [-0.05, 0) is 35.0 Å². The number of nitrogens with zero attached hydrogens (tertiary/aromatic N) is 1. The van der Waals surface area contributed by atoms with Gasteiger partial charge in [-0.3, -0.25) is 0 Å². The number of ether oxygens (including phenoxy) is 1. The Balaban J connectivity index is 2.62. The van der Waals surface area contributed by atoms with Crippen LogP contribution in [0.5, 0.6) is 0 Å². The van der Waals surface area contributed by atoms with E-state index in [1.165, 1.54) is 6.20 Å². The molecule has 0 radical (unpaired) electrons. The van der Waals surface area contributed by atoms with Crippen LogP contribution in [0.25, 0.3) is 0 Å². The van der Waals surface area contributed by atoms with Gasteiger partial charge in [0.2, 0.25) is 0 Å². The van der Waals surface area contributed by atoms with Crippen molar-refractivity contribution in [3.8, 4) is 0 Å². The van der Waals surface area contributed by atoms with E-state index in [2.05, 4.69) is 26.2 Å². The Kier molecular flexibility index (Phi) is 5.28. The first-order chi connectivity index (χ1) is 7.63. The molecule has 0 aromatic carbocycles. The molecule has 0 aliphatic carbocycles. The number of hydrogen-bond donors (Lipinski definition) is 1. The van der Waals surface area contributed by atoms with Crippen molar-refractivity contribution in [2.45, 2.75) is 6.92 Å². The zero-order valence-corrected chi connectivity index (χ0v) is 10.9. The molecule has 1 N–H and O–H groups in total. The van der Waals surface area contributed by atoms with E-state index in [1.54, 1.807) is 19.1 Å². The van der Waals surface area contributed by atoms with Crippen LogP contribution in [0.2, 0.25) is 0 Å². The second-order valence-electron chi connectivity index (χ2n) is 2.70. The highest BCUT2D eigenvalue weighted by Gasteiger charge is 2.06. The predicted octanol–water partition coefficient (Wildman–Crippen LogP) is 2.90. The third-order valence-corrected chi connectivity index (χ3v) is 2.24. The normalized spacial score (nSPS) is 11.1. The van der Waals surface area contributed by atoms with E-state index in [0.717, 1.165) is 0 Å². The summed E-state index contributed by atoms with van der Waals surface area (Å²) in [7, 11) is 0. The molecule has 0 bridgehead atoms. The molecule has 0 saturated heterocycles. The summed E-state index contributed by atoms with van der Waals surface area (Å²) in [5.74, 6) is 0.0171. The standard InChI is InChI=1S/C10H10BrClN2O2/c1-2-16-10(15)7(12)6-13-9-5-3-4-8(11)14-9/h3-6H,2H2,1H3,(H,13,14)/b7-6-. The highest BCUT2D eigenvalue weighted by molar-refractivity contribution is 9.10. The van der Waals surface area contributed by atoms with Crippen molar-refractivity contribution >= 4 is 39.3 Å². The van der Waals surface area contributed by atoms with Crippen molar-refractivity contribution in [1.29, 1.82) is 0 Å². The molecule has 1 rings (SSSR count). The Bertz CT molecular complexity index is 410. The number of carbonyl (C=O) groups is 1. The lowest BCUT2D eigenvalue weighted by Gasteiger charge is -2.02. The lowest BCUT2D eigenvalue weighted by atomic mass is 10.4. The molecule has 0 saturated carbocycles. The second-order valence-corrected chi connectivity index (χ2v) is 3.92. The van der Waals surface area contributed by atoms with Gasteiger partial charge in [0.25, 0.3) is 0 Å². The molecule has 1 heterocycles. The monoisotopic (exact) mass is 304 g/mol. The molecule has 0 aliphatic heterocycles. The van der Waals surface area contributed by atoms with Crippen LogP contribution in [0, 0.1) is 0 Å². The zero-order chi connectivity index (χ0) is 12.0. The summed E-state index contributed by atoms with van der Waals surface area (Å²) in [6, 6.07) is 5.35. The molecule has 0 fully saturated rings. The molecule has 0 aliphatic rings. The number of rotatable bonds is 4. The summed E-state index contributed by atoms with van der Waals surface area (Å²) >= 11 is 8.91. The van der Waals surface area contributed by atoms with Crippen molar-refractivity contribution in [2.75, 3.05) is 11.9 Å². The fraction of sp³-hybridized carbons (Fsp3) is 0.200. The number of anilines is 1. The van der Waals surface area contributed by atoms with Crippen molar-refractivity contribution in [3.05, 3.63) is 34.0 Å². The average Bonchev–Trinajstić information content (AvgIpc) is 2.26. The Labute approximate surface area is 107 Å². The van der Waals surface area contributed by atoms with Crippen molar-refractivity contribution in [1.82, 2.24) is 4.98 Å². The zero-order valence-electron chi connectivity index (χ0n) is 8.54. The van der Waals surface area contributed by atoms with Crippen LogP contribution >= 0.6 is 27.5 Å². The molecular formula is C10H10BrClN2O2. The largest absolute Gasteiger partial charge is 0.462 e. The minimum atomic E-state index is -0.563. The Morgan fingerprint density at radius 2 is 2.44 bits per heavy atom. The topological polar surface area (TPSA) is 51.2 Å². The van der Waals surface area contributed by atoms with E-state index >= 15 is 0 Å². The number of aromatic nitrogens is 1. The summed E-state index contributed by atoms with van der Waals surface area (Å²) in [5, 5.41) is 2.76. The molecule has 86 valence electrons. The van der Waals surface area contributed by atoms with Crippen LogP contribution in [0.4, 0.5) is 5.82 Å². The smallest absolute Gasteiger partial charge is 0.351 e. The van der Waals surface area contributed by atoms with Crippen LogP contribution < -0.4 is 5.32 Å². The molecule has 0 spiro atoms. The summed E-state index contributed by atoms with van der Waals surface area (Å²) in [6.07, 6.45) is 1.34. The third-order valence-electron chi connectivity index (χ3n) is 1.53. The van der Waals surface area contributed by atoms with Crippen molar-refractivity contribution < 1.29 is 9.53 Å². The van der Waals surface area contributed by atoms with Gasteiger partial charge in [0.15, 0.2) is 0 Å². The molecule has 1 aromatic rings. The van der Waals surface area contributed by atoms with Gasteiger partial charge >= 0.3 is 5.97 Å². The summed E-state index contributed by atoms with van der Waals surface area (Å²) in [5.41, 5.74) is 0. The van der Waals surface area contributed by atoms with Gasteiger partial charge in [-0.1, -0.05) is 17.7 Å². The molecule has 4 nitrogen and oxygen atoms in total. The Hall–Kier alpha value is -1.07. The minimum absolute atomic E-state index is 0.0244. The quantitative estimate of drug-likeness (QED) is 0.528. The molecular weight excluding hydrogens is 295 g/mol. The molecule has 0 atom stereocenters. The molecule has 1 aromatic heterocycles. The number of carbonyl (C=O) groups excluding carboxylic acids is 1. The van der Waals surface area contributed by atoms with Crippen LogP contribution in [0.15, 0.2) is 34.0 Å². The van der Waals surface area contributed by atoms with Gasteiger partial charge in [0.05, 0.1) is 6.61 Å². The minimum Gasteiger partial charge on any atom is -0.462 e. The van der Waals surface area contributed by atoms with Crippen LogP contribution in [-0.4, -0.2) is 17.6 Å². The molecule has 0 amide bonds. The summed E-state index contributed by atoms with van der Waals surface area (Å²) in [6.45, 7) is 2.00. The van der Waals surface area contributed by atoms with Gasteiger partial charge in [0.1, 0.15) is 15.5 Å². The van der Waals surface area contributed by atoms with Crippen LogP contribution in [0.3, 0.4) is 0 Å². The third kappa shape index (κ3) is 4.20. The maximum atomic E-state index is 11.1. The lowest BCUT2D eigenvalue weighted by molar-refractivity contribution is -0.137. The molecule has 0 unspecified atom stereocenters. The van der Waals surface area contributed by atoms with Gasteiger partial charge in [-0.2, -0.15) is 0 Å². The lowest BCUT2D eigenvalue weighted by Crippen LogP contribution is -2.05. The van der Waals surface area contributed by atoms with E-state index in [1.807, 2.05) is 6.07 Å². The van der Waals surface area contributed by atoms with E-state index in [4.69, 9.17) is 16.3 Å². The van der Waals surface area contributed by atoms with Gasteiger partial charge in [-0.15, -0.1) is 0 Å². The Morgan fingerprint density at radius 3 is 3.06 bits per heavy atom. The first-order valence-electron chi connectivity index (χ1n) is 4.55. The van der Waals surface area contributed by atoms with E-state index in [9.17, 15) is 4.79 Å². The fourth-order valence-corrected chi connectivity index (χ4v) is 1.34. The van der Waals surface area contributed by atoms with Crippen molar-refractivity contribution in [3.63, 3.8) is 0 Å². The van der Waals surface area contributed by atoms with Gasteiger partial charge in [0, 0.05) is 6.20 Å². The molecule has 6 heteroatoms. The number of nitrogens with one attached hydrogen (secondary N) is 1. The second kappa shape index (κ2) is 6.50. The van der Waals surface area contributed by atoms with Gasteiger partial charge in [-0.25, -0.2) is 9.78 Å². The SMILES string of the molecule is CCOC(=O)/C(Cl)=C/Nc1cccc(Br)n1. The van der Waals surface area contributed by atoms with Crippen molar-refractivity contribution in [2.24, 2.45) is 0 Å². The predicted molar refractivity (Wildman–Crippen MR) is 66.1 cm³/mol. The number of pyridine rings is 1. The van der Waals surface area contributed by atoms with Crippen LogP contribution in [0.1, 0.15) is 6.92 Å². The van der Waals surface area contributed by atoms with E-state index in [0.29, 0.717) is 10.4 Å². The van der Waals surface area contributed by atoms with Crippen LogP contribution in [-0.2, 0) is 9.53 Å².